The van der Waals surface area contributed by atoms with Gasteiger partial charge in [0.1, 0.15) is 5.82 Å². The number of ether oxygens (including phenoxy) is 1. The van der Waals surface area contributed by atoms with Gasteiger partial charge in [-0.1, -0.05) is 12.1 Å². The molecular formula is C18H25N3O2. The maximum Gasteiger partial charge on any atom is 0.261 e. The summed E-state index contributed by atoms with van der Waals surface area (Å²) in [6.07, 6.45) is 2.25. The summed E-state index contributed by atoms with van der Waals surface area (Å²) in [7, 11) is 1.74. The summed E-state index contributed by atoms with van der Waals surface area (Å²) in [4.78, 5) is 19.8. The molecule has 2 heterocycles. The molecule has 0 aliphatic carbocycles. The van der Waals surface area contributed by atoms with Crippen LogP contribution in [-0.4, -0.2) is 47.8 Å². The van der Waals surface area contributed by atoms with Crippen molar-refractivity contribution in [2.24, 2.45) is 5.92 Å². The van der Waals surface area contributed by atoms with E-state index in [2.05, 4.69) is 9.88 Å². The highest BCUT2D eigenvalue weighted by Crippen LogP contribution is 2.19. The molecule has 2 aromatic rings. The number of benzene rings is 1. The molecule has 1 aromatic carbocycles. The molecule has 0 bridgehead atoms. The Morgan fingerprint density at radius 3 is 2.74 bits per heavy atom. The van der Waals surface area contributed by atoms with Crippen molar-refractivity contribution in [1.29, 1.82) is 0 Å². The Labute approximate surface area is 136 Å². The van der Waals surface area contributed by atoms with Gasteiger partial charge in [-0.2, -0.15) is 0 Å². The molecule has 0 saturated carbocycles. The van der Waals surface area contributed by atoms with Crippen LogP contribution in [0.25, 0.3) is 10.9 Å². The Bertz CT molecular complexity index is 718. The van der Waals surface area contributed by atoms with Crippen molar-refractivity contribution in [3.05, 3.63) is 40.4 Å². The lowest BCUT2D eigenvalue weighted by molar-refractivity contribution is 0.116. The fourth-order valence-corrected chi connectivity index (χ4v) is 3.37. The molecule has 1 fully saturated rings. The maximum atomic E-state index is 12.7. The molecule has 1 saturated heterocycles. The molecule has 124 valence electrons. The van der Waals surface area contributed by atoms with E-state index in [1.54, 1.807) is 7.11 Å². The first-order valence-corrected chi connectivity index (χ1v) is 8.36. The molecule has 0 spiro atoms. The summed E-state index contributed by atoms with van der Waals surface area (Å²) < 4.78 is 7.00. The minimum atomic E-state index is 0.0925. The fourth-order valence-electron chi connectivity index (χ4n) is 3.37. The standard InChI is InChI=1S/C18H25N3O2/c1-14-19-17-6-4-3-5-16(17)18(22)21(14)13-15-7-9-20(10-8-15)11-12-23-2/h3-6,15H,7-13H2,1-2H3. The highest BCUT2D eigenvalue weighted by atomic mass is 16.5. The summed E-state index contributed by atoms with van der Waals surface area (Å²) in [6.45, 7) is 6.67. The van der Waals surface area contributed by atoms with Gasteiger partial charge in [0.25, 0.3) is 5.56 Å². The van der Waals surface area contributed by atoms with Gasteiger partial charge < -0.3 is 9.64 Å². The number of para-hydroxylation sites is 1. The number of hydrogen-bond acceptors (Lipinski definition) is 4. The number of methoxy groups -OCH3 is 1. The number of piperidine rings is 1. The second kappa shape index (κ2) is 7.23. The highest BCUT2D eigenvalue weighted by molar-refractivity contribution is 5.77. The zero-order chi connectivity index (χ0) is 16.2. The van der Waals surface area contributed by atoms with Crippen LogP contribution in [0.15, 0.2) is 29.1 Å². The third-order valence-corrected chi connectivity index (χ3v) is 4.81. The number of nitrogens with zero attached hydrogens (tertiary/aromatic N) is 3. The van der Waals surface area contributed by atoms with Crippen molar-refractivity contribution < 1.29 is 4.74 Å². The van der Waals surface area contributed by atoms with E-state index >= 15 is 0 Å². The average molecular weight is 315 g/mol. The number of aryl methyl sites for hydroxylation is 1. The largest absolute Gasteiger partial charge is 0.383 e. The van der Waals surface area contributed by atoms with Crippen LogP contribution in [0.4, 0.5) is 0 Å². The minimum absolute atomic E-state index is 0.0925. The monoisotopic (exact) mass is 315 g/mol. The summed E-state index contributed by atoms with van der Waals surface area (Å²) in [5.74, 6) is 1.36. The van der Waals surface area contributed by atoms with Crippen LogP contribution in [0.5, 0.6) is 0 Å². The number of hydrogen-bond donors (Lipinski definition) is 0. The molecule has 3 rings (SSSR count). The van der Waals surface area contributed by atoms with Gasteiger partial charge in [-0.3, -0.25) is 9.36 Å². The zero-order valence-electron chi connectivity index (χ0n) is 14.0. The quantitative estimate of drug-likeness (QED) is 0.847. The molecule has 0 unspecified atom stereocenters. The number of rotatable bonds is 5. The molecule has 1 aliphatic heterocycles. The zero-order valence-corrected chi connectivity index (χ0v) is 14.0. The Morgan fingerprint density at radius 2 is 2.00 bits per heavy atom. The van der Waals surface area contributed by atoms with E-state index in [4.69, 9.17) is 4.74 Å². The lowest BCUT2D eigenvalue weighted by atomic mass is 9.96. The molecule has 1 aliphatic rings. The second-order valence-corrected chi connectivity index (χ2v) is 6.37. The maximum absolute atomic E-state index is 12.7. The Kier molecular flexibility index (Phi) is 5.08. The highest BCUT2D eigenvalue weighted by Gasteiger charge is 2.20. The van der Waals surface area contributed by atoms with E-state index in [0.29, 0.717) is 5.92 Å². The van der Waals surface area contributed by atoms with Crippen LogP contribution in [-0.2, 0) is 11.3 Å². The predicted octanol–water partition coefficient (Wildman–Crippen LogP) is 2.06. The normalized spacial score (nSPS) is 17.0. The summed E-state index contributed by atoms with van der Waals surface area (Å²) >= 11 is 0. The summed E-state index contributed by atoms with van der Waals surface area (Å²) in [5.41, 5.74) is 0.885. The molecule has 0 radical (unpaired) electrons. The van der Waals surface area contributed by atoms with Gasteiger partial charge in [0.15, 0.2) is 0 Å². The molecule has 0 atom stereocenters. The van der Waals surface area contributed by atoms with Crippen molar-refractivity contribution in [3.63, 3.8) is 0 Å². The topological polar surface area (TPSA) is 47.4 Å². The van der Waals surface area contributed by atoms with Gasteiger partial charge in [-0.05, 0) is 50.9 Å². The van der Waals surface area contributed by atoms with Crippen LogP contribution in [0, 0.1) is 12.8 Å². The Morgan fingerprint density at radius 1 is 1.26 bits per heavy atom. The molecular weight excluding hydrogens is 290 g/mol. The van der Waals surface area contributed by atoms with Crippen LogP contribution < -0.4 is 5.56 Å². The lowest BCUT2D eigenvalue weighted by Gasteiger charge is -2.32. The molecule has 1 aromatic heterocycles. The smallest absolute Gasteiger partial charge is 0.261 e. The van der Waals surface area contributed by atoms with Crippen LogP contribution in [0.3, 0.4) is 0 Å². The van der Waals surface area contributed by atoms with E-state index in [9.17, 15) is 4.79 Å². The van der Waals surface area contributed by atoms with Gasteiger partial charge in [0.2, 0.25) is 0 Å². The van der Waals surface area contributed by atoms with Crippen molar-refractivity contribution in [2.45, 2.75) is 26.3 Å². The van der Waals surface area contributed by atoms with Gasteiger partial charge in [-0.15, -0.1) is 0 Å². The van der Waals surface area contributed by atoms with Crippen LogP contribution in [0.1, 0.15) is 18.7 Å². The second-order valence-electron chi connectivity index (χ2n) is 6.37. The fraction of sp³-hybridized carbons (Fsp3) is 0.556. The summed E-state index contributed by atoms with van der Waals surface area (Å²) in [6, 6.07) is 7.60. The third-order valence-electron chi connectivity index (χ3n) is 4.81. The van der Waals surface area contributed by atoms with E-state index in [1.165, 1.54) is 0 Å². The van der Waals surface area contributed by atoms with E-state index < -0.39 is 0 Å². The predicted molar refractivity (Wildman–Crippen MR) is 91.8 cm³/mol. The van der Waals surface area contributed by atoms with Crippen molar-refractivity contribution in [1.82, 2.24) is 14.5 Å². The van der Waals surface area contributed by atoms with Gasteiger partial charge >= 0.3 is 0 Å². The van der Waals surface area contributed by atoms with E-state index in [-0.39, 0.29) is 5.56 Å². The lowest BCUT2D eigenvalue weighted by Crippen LogP contribution is -2.38. The first-order valence-electron chi connectivity index (χ1n) is 8.36. The van der Waals surface area contributed by atoms with Crippen molar-refractivity contribution in [2.75, 3.05) is 33.4 Å². The first kappa shape index (κ1) is 16.1. The first-order chi connectivity index (χ1) is 11.2. The van der Waals surface area contributed by atoms with Gasteiger partial charge in [0, 0.05) is 20.2 Å². The van der Waals surface area contributed by atoms with Crippen molar-refractivity contribution >= 4 is 10.9 Å². The number of likely N-dealkylation sites (tertiary alicyclic amines) is 1. The molecule has 23 heavy (non-hydrogen) atoms. The van der Waals surface area contributed by atoms with Gasteiger partial charge in [0.05, 0.1) is 17.5 Å². The van der Waals surface area contributed by atoms with Gasteiger partial charge in [-0.25, -0.2) is 4.98 Å². The SMILES string of the molecule is COCCN1CCC(Cn2c(C)nc3ccccc3c2=O)CC1. The third kappa shape index (κ3) is 3.62. The Balaban J connectivity index is 1.72. The van der Waals surface area contributed by atoms with Crippen LogP contribution in [0.2, 0.25) is 0 Å². The Hall–Kier alpha value is -1.72. The molecule has 5 heteroatoms. The van der Waals surface area contributed by atoms with E-state index in [1.807, 2.05) is 35.8 Å². The van der Waals surface area contributed by atoms with Crippen molar-refractivity contribution in [3.8, 4) is 0 Å². The van der Waals surface area contributed by atoms with E-state index in [0.717, 1.165) is 62.4 Å². The summed E-state index contributed by atoms with van der Waals surface area (Å²) in [5, 5.41) is 0.718. The molecule has 0 amide bonds. The molecule has 5 nitrogen and oxygen atoms in total. The van der Waals surface area contributed by atoms with Crippen LogP contribution >= 0.6 is 0 Å². The number of fused-ring (bicyclic) bond motifs is 1. The molecule has 0 N–H and O–H groups in total. The number of aromatic nitrogens is 2. The average Bonchev–Trinajstić information content (AvgIpc) is 2.58. The minimum Gasteiger partial charge on any atom is -0.383 e.